The van der Waals surface area contributed by atoms with Crippen LogP contribution in [0, 0.1) is 0 Å². The Bertz CT molecular complexity index is 612. The number of phosphoric ester groups is 1. The van der Waals surface area contributed by atoms with E-state index in [4.69, 9.17) is 19.3 Å². The minimum absolute atomic E-state index is 0.192. The molecule has 0 aromatic carbocycles. The molecule has 0 saturated heterocycles. The average molecular weight is 491 g/mol. The molecule has 2 N–H and O–H groups in total. The van der Waals surface area contributed by atoms with Gasteiger partial charge in [-0.1, -0.05) is 69.8 Å². The molecule has 0 spiro atoms. The van der Waals surface area contributed by atoms with Gasteiger partial charge in [0.1, 0.15) is 6.61 Å². The topological polar surface area (TPSA) is 119 Å². The maximum atomic E-state index is 11.9. The summed E-state index contributed by atoms with van der Waals surface area (Å²) in [6.45, 7) is 2.55. The van der Waals surface area contributed by atoms with Crippen molar-refractivity contribution in [3.05, 3.63) is 24.3 Å². The number of esters is 2. The normalized spacial score (nSPS) is 13.0. The van der Waals surface area contributed by atoms with Gasteiger partial charge in [-0.15, -0.1) is 0 Å². The molecular formula is C24H43O8P. The molecule has 8 nitrogen and oxygen atoms in total. The molecule has 0 bridgehead atoms. The monoisotopic (exact) mass is 490 g/mol. The van der Waals surface area contributed by atoms with E-state index in [0.717, 1.165) is 38.5 Å². The Kier molecular flexibility index (Phi) is 20.1. The Hall–Kier alpha value is -1.47. The molecule has 0 aromatic rings. The molecular weight excluding hydrogens is 447 g/mol. The van der Waals surface area contributed by atoms with Gasteiger partial charge in [0.15, 0.2) is 6.10 Å². The first-order chi connectivity index (χ1) is 15.7. The smallest absolute Gasteiger partial charge is 0.462 e. The number of ether oxygens (including phenoxy) is 2. The van der Waals surface area contributed by atoms with Crippen molar-refractivity contribution >= 4 is 19.8 Å². The highest BCUT2D eigenvalue weighted by Gasteiger charge is 2.22. The molecule has 9 heteroatoms. The van der Waals surface area contributed by atoms with E-state index in [9.17, 15) is 14.2 Å². The van der Waals surface area contributed by atoms with E-state index in [-0.39, 0.29) is 13.0 Å². The maximum Gasteiger partial charge on any atom is 0.469 e. The molecule has 0 saturated carbocycles. The summed E-state index contributed by atoms with van der Waals surface area (Å²) in [4.78, 5) is 40.4. The third-order valence-corrected chi connectivity index (χ3v) is 5.27. The van der Waals surface area contributed by atoms with E-state index in [2.05, 4.69) is 35.8 Å². The van der Waals surface area contributed by atoms with Crippen molar-refractivity contribution in [1.29, 1.82) is 0 Å². The second-order valence-electron chi connectivity index (χ2n) is 8.04. The third-order valence-electron chi connectivity index (χ3n) is 4.78. The molecule has 192 valence electrons. The van der Waals surface area contributed by atoms with E-state index in [1.54, 1.807) is 0 Å². The number of carbonyl (C=O) groups is 2. The summed E-state index contributed by atoms with van der Waals surface area (Å²) in [5.41, 5.74) is 0. The number of rotatable bonds is 21. The minimum Gasteiger partial charge on any atom is -0.462 e. The fraction of sp³-hybridized carbons (Fsp3) is 0.750. The maximum absolute atomic E-state index is 11.9. The van der Waals surface area contributed by atoms with Gasteiger partial charge in [0, 0.05) is 13.3 Å². The highest BCUT2D eigenvalue weighted by Crippen LogP contribution is 2.35. The van der Waals surface area contributed by atoms with Crippen molar-refractivity contribution in [2.75, 3.05) is 13.2 Å². The van der Waals surface area contributed by atoms with E-state index in [1.165, 1.54) is 39.0 Å². The minimum atomic E-state index is -4.71. The Morgan fingerprint density at radius 1 is 0.848 bits per heavy atom. The van der Waals surface area contributed by atoms with Crippen LogP contribution in [0.4, 0.5) is 0 Å². The van der Waals surface area contributed by atoms with Gasteiger partial charge in [0.2, 0.25) is 0 Å². The average Bonchev–Trinajstić information content (AvgIpc) is 2.74. The predicted molar refractivity (Wildman–Crippen MR) is 128 cm³/mol. The first-order valence-electron chi connectivity index (χ1n) is 12.1. The van der Waals surface area contributed by atoms with Crippen LogP contribution in [0.1, 0.15) is 97.3 Å². The number of unbranched alkanes of at least 4 members (excludes halogenated alkanes) is 9. The van der Waals surface area contributed by atoms with Crippen LogP contribution in [0.2, 0.25) is 0 Å². The molecule has 0 heterocycles. The van der Waals surface area contributed by atoms with Crippen LogP contribution in [-0.4, -0.2) is 41.0 Å². The second kappa shape index (κ2) is 21.1. The molecule has 0 amide bonds. The van der Waals surface area contributed by atoms with Crippen molar-refractivity contribution < 1.29 is 37.9 Å². The lowest BCUT2D eigenvalue weighted by Gasteiger charge is -2.18. The molecule has 0 aromatic heterocycles. The van der Waals surface area contributed by atoms with Gasteiger partial charge < -0.3 is 19.3 Å². The molecule has 1 atom stereocenters. The van der Waals surface area contributed by atoms with Gasteiger partial charge in [-0.25, -0.2) is 4.57 Å². The number of hydrogen-bond acceptors (Lipinski definition) is 6. The first kappa shape index (κ1) is 31.5. The summed E-state index contributed by atoms with van der Waals surface area (Å²) in [6.07, 6.45) is 21.3. The van der Waals surface area contributed by atoms with Crippen molar-refractivity contribution in [3.63, 3.8) is 0 Å². The lowest BCUT2D eigenvalue weighted by Crippen LogP contribution is -2.29. The van der Waals surface area contributed by atoms with Gasteiger partial charge in [0.05, 0.1) is 6.61 Å². The summed E-state index contributed by atoms with van der Waals surface area (Å²) >= 11 is 0. The largest absolute Gasteiger partial charge is 0.469 e. The fourth-order valence-electron chi connectivity index (χ4n) is 3.01. The van der Waals surface area contributed by atoms with Crippen LogP contribution < -0.4 is 0 Å². The van der Waals surface area contributed by atoms with Crippen LogP contribution in [0.3, 0.4) is 0 Å². The predicted octanol–water partition coefficient (Wildman–Crippen LogP) is 5.77. The van der Waals surface area contributed by atoms with Crippen LogP contribution in [0.15, 0.2) is 24.3 Å². The van der Waals surface area contributed by atoms with Crippen LogP contribution in [-0.2, 0) is 28.2 Å². The van der Waals surface area contributed by atoms with Gasteiger partial charge in [-0.05, 0) is 38.5 Å². The van der Waals surface area contributed by atoms with E-state index < -0.39 is 32.5 Å². The molecule has 1 unspecified atom stereocenters. The molecule has 0 fully saturated rings. The zero-order valence-electron chi connectivity index (χ0n) is 20.3. The van der Waals surface area contributed by atoms with E-state index >= 15 is 0 Å². The molecule has 0 aliphatic carbocycles. The first-order valence-corrected chi connectivity index (χ1v) is 13.6. The highest BCUT2D eigenvalue weighted by molar-refractivity contribution is 7.46. The number of hydrogen-bond donors (Lipinski definition) is 2. The summed E-state index contributed by atoms with van der Waals surface area (Å²) in [7, 11) is -4.71. The third kappa shape index (κ3) is 25.0. The standard InChI is InChI=1S/C24H43O8P/c1-3-4-5-6-7-8-9-10-11-12-13-14-15-16-17-18-19-24(26)32-23(20-30-22(2)25)21-31-33(27,28)29/h8-9,11-12,23H,3-7,10,13-21H2,1-2H3,(H2,27,28,29)/b9-8-,12-11-. The molecule has 0 aliphatic heterocycles. The van der Waals surface area contributed by atoms with E-state index in [0.29, 0.717) is 6.42 Å². The Morgan fingerprint density at radius 2 is 1.42 bits per heavy atom. The van der Waals surface area contributed by atoms with Crippen LogP contribution in [0.25, 0.3) is 0 Å². The van der Waals surface area contributed by atoms with Crippen molar-refractivity contribution in [2.24, 2.45) is 0 Å². The highest BCUT2D eigenvalue weighted by atomic mass is 31.2. The zero-order valence-corrected chi connectivity index (χ0v) is 21.2. The SMILES string of the molecule is CCCCCC/C=C\C/C=C\CCCCCCCC(=O)OC(COC(C)=O)COP(=O)(O)O. The Balaban J connectivity index is 3.78. The number of allylic oxidation sites excluding steroid dienone is 4. The molecule has 0 radical (unpaired) electrons. The van der Waals surface area contributed by atoms with Crippen molar-refractivity contribution in [2.45, 2.75) is 103 Å². The molecule has 0 aliphatic rings. The van der Waals surface area contributed by atoms with Crippen molar-refractivity contribution in [3.8, 4) is 0 Å². The quantitative estimate of drug-likeness (QED) is 0.0900. The Labute approximate surface area is 199 Å². The summed E-state index contributed by atoms with van der Waals surface area (Å²) in [6, 6.07) is 0. The summed E-state index contributed by atoms with van der Waals surface area (Å²) in [5, 5.41) is 0. The van der Waals surface area contributed by atoms with Gasteiger partial charge in [-0.2, -0.15) is 0 Å². The number of carbonyl (C=O) groups excluding carboxylic acids is 2. The second-order valence-corrected chi connectivity index (χ2v) is 9.27. The van der Waals surface area contributed by atoms with E-state index in [1.807, 2.05) is 0 Å². The van der Waals surface area contributed by atoms with Gasteiger partial charge in [0.25, 0.3) is 0 Å². The summed E-state index contributed by atoms with van der Waals surface area (Å²) in [5.74, 6) is -1.10. The summed E-state index contributed by atoms with van der Waals surface area (Å²) < 4.78 is 25.0. The molecule has 33 heavy (non-hydrogen) atoms. The number of phosphoric acid groups is 1. The lowest BCUT2D eigenvalue weighted by molar-refractivity contribution is -0.160. The molecule has 0 rings (SSSR count). The lowest BCUT2D eigenvalue weighted by atomic mass is 10.1. The van der Waals surface area contributed by atoms with Crippen LogP contribution >= 0.6 is 7.82 Å². The fourth-order valence-corrected chi connectivity index (χ4v) is 3.37. The zero-order chi connectivity index (χ0) is 24.8. The van der Waals surface area contributed by atoms with Gasteiger partial charge in [-0.3, -0.25) is 14.1 Å². The Morgan fingerprint density at radius 3 is 2.00 bits per heavy atom. The van der Waals surface area contributed by atoms with Gasteiger partial charge >= 0.3 is 19.8 Å². The van der Waals surface area contributed by atoms with Crippen molar-refractivity contribution in [1.82, 2.24) is 0 Å². The van der Waals surface area contributed by atoms with Crippen LogP contribution in [0.5, 0.6) is 0 Å².